The second-order valence-corrected chi connectivity index (χ2v) is 4.44. The fourth-order valence-corrected chi connectivity index (χ4v) is 1.99. The molecule has 0 saturated carbocycles. The first kappa shape index (κ1) is 12.9. The van der Waals surface area contributed by atoms with Crippen LogP contribution in [0.4, 0.5) is 0 Å². The Bertz CT molecular complexity index is 453. The van der Waals surface area contributed by atoms with Crippen LogP contribution in [0.1, 0.15) is 24.0 Å². The van der Waals surface area contributed by atoms with E-state index < -0.39 is 0 Å². The van der Waals surface area contributed by atoms with E-state index in [0.29, 0.717) is 13.2 Å². The van der Waals surface area contributed by atoms with E-state index in [-0.39, 0.29) is 6.10 Å². The van der Waals surface area contributed by atoms with Crippen molar-refractivity contribution < 1.29 is 9.47 Å². The molecule has 1 heterocycles. The molecule has 96 valence electrons. The Balaban J connectivity index is 2.03. The Morgan fingerprint density at radius 3 is 3.06 bits per heavy atom. The van der Waals surface area contributed by atoms with Crippen LogP contribution in [0, 0.1) is 18.8 Å². The van der Waals surface area contributed by atoms with Crippen LogP contribution in [0.15, 0.2) is 18.2 Å². The molecule has 18 heavy (non-hydrogen) atoms. The van der Waals surface area contributed by atoms with Crippen LogP contribution in [-0.4, -0.2) is 25.9 Å². The second kappa shape index (κ2) is 6.44. The largest absolute Gasteiger partial charge is 0.488 e. The number of aryl methyl sites for hydroxylation is 1. The van der Waals surface area contributed by atoms with Crippen LogP contribution in [-0.2, 0) is 4.74 Å². The van der Waals surface area contributed by atoms with Gasteiger partial charge in [0.1, 0.15) is 11.9 Å². The van der Waals surface area contributed by atoms with E-state index in [1.165, 1.54) is 0 Å². The van der Waals surface area contributed by atoms with E-state index in [1.807, 2.05) is 25.1 Å². The van der Waals surface area contributed by atoms with E-state index >= 15 is 0 Å². The summed E-state index contributed by atoms with van der Waals surface area (Å²) in [7, 11) is 0. The highest BCUT2D eigenvalue weighted by atomic mass is 16.5. The van der Waals surface area contributed by atoms with Gasteiger partial charge in [0.2, 0.25) is 0 Å². The standard InChI is InChI=1S/C15H19NO2/c1-12-10-14(7-6-13(12)4-2-8-16)18-15-5-3-9-17-11-15/h6-7,10,15H,3,5,8-9,11,16H2,1H3. The van der Waals surface area contributed by atoms with Gasteiger partial charge in [-0.15, -0.1) is 0 Å². The smallest absolute Gasteiger partial charge is 0.122 e. The van der Waals surface area contributed by atoms with Crippen molar-refractivity contribution in [1.29, 1.82) is 0 Å². The average Bonchev–Trinajstić information content (AvgIpc) is 2.39. The summed E-state index contributed by atoms with van der Waals surface area (Å²) in [5.41, 5.74) is 7.49. The zero-order valence-corrected chi connectivity index (χ0v) is 10.7. The van der Waals surface area contributed by atoms with Gasteiger partial charge in [-0.05, 0) is 43.5 Å². The first-order valence-electron chi connectivity index (χ1n) is 6.33. The molecule has 0 aromatic heterocycles. The van der Waals surface area contributed by atoms with Crippen molar-refractivity contribution in [1.82, 2.24) is 0 Å². The molecular weight excluding hydrogens is 226 g/mol. The third kappa shape index (κ3) is 3.49. The van der Waals surface area contributed by atoms with Gasteiger partial charge in [-0.1, -0.05) is 11.8 Å². The summed E-state index contributed by atoms with van der Waals surface area (Å²) in [6.45, 7) is 3.96. The summed E-state index contributed by atoms with van der Waals surface area (Å²) in [5.74, 6) is 6.80. The fourth-order valence-electron chi connectivity index (χ4n) is 1.99. The maximum Gasteiger partial charge on any atom is 0.122 e. The minimum atomic E-state index is 0.180. The Morgan fingerprint density at radius 2 is 2.39 bits per heavy atom. The van der Waals surface area contributed by atoms with E-state index in [2.05, 4.69) is 11.8 Å². The van der Waals surface area contributed by atoms with Gasteiger partial charge in [0.15, 0.2) is 0 Å². The van der Waals surface area contributed by atoms with E-state index in [0.717, 1.165) is 36.3 Å². The van der Waals surface area contributed by atoms with Gasteiger partial charge < -0.3 is 15.2 Å². The summed E-state index contributed by atoms with van der Waals surface area (Å²) in [5, 5.41) is 0. The molecule has 1 aromatic rings. The highest BCUT2D eigenvalue weighted by Gasteiger charge is 2.15. The molecule has 1 saturated heterocycles. The molecule has 1 atom stereocenters. The quantitative estimate of drug-likeness (QED) is 0.809. The first-order valence-corrected chi connectivity index (χ1v) is 6.33. The summed E-state index contributed by atoms with van der Waals surface area (Å²) in [6.07, 6.45) is 2.32. The van der Waals surface area contributed by atoms with Crippen LogP contribution in [0.5, 0.6) is 5.75 Å². The number of benzene rings is 1. The number of nitrogens with two attached hydrogens (primary N) is 1. The Kier molecular flexibility index (Phi) is 4.63. The van der Waals surface area contributed by atoms with Gasteiger partial charge >= 0.3 is 0 Å². The molecule has 3 heteroatoms. The zero-order valence-electron chi connectivity index (χ0n) is 10.7. The zero-order chi connectivity index (χ0) is 12.8. The van der Waals surface area contributed by atoms with E-state index in [1.54, 1.807) is 0 Å². The highest BCUT2D eigenvalue weighted by Crippen LogP contribution is 2.20. The molecule has 0 radical (unpaired) electrons. The van der Waals surface area contributed by atoms with Crippen LogP contribution >= 0.6 is 0 Å². The molecule has 1 aliphatic rings. The minimum absolute atomic E-state index is 0.180. The lowest BCUT2D eigenvalue weighted by molar-refractivity contribution is 0.00741. The molecule has 2 N–H and O–H groups in total. The lowest BCUT2D eigenvalue weighted by atomic mass is 10.1. The maximum atomic E-state index is 5.90. The van der Waals surface area contributed by atoms with Gasteiger partial charge in [-0.25, -0.2) is 0 Å². The molecule has 1 fully saturated rings. The number of rotatable bonds is 2. The predicted octanol–water partition coefficient (Wildman–Crippen LogP) is 1.86. The van der Waals surface area contributed by atoms with Gasteiger partial charge in [-0.3, -0.25) is 0 Å². The predicted molar refractivity (Wildman–Crippen MR) is 71.6 cm³/mol. The minimum Gasteiger partial charge on any atom is -0.488 e. The molecule has 3 nitrogen and oxygen atoms in total. The van der Waals surface area contributed by atoms with Gasteiger partial charge in [-0.2, -0.15) is 0 Å². The van der Waals surface area contributed by atoms with Crippen molar-refractivity contribution in [3.63, 3.8) is 0 Å². The monoisotopic (exact) mass is 245 g/mol. The Labute approximate surface area is 108 Å². The molecule has 0 spiro atoms. The summed E-state index contributed by atoms with van der Waals surface area (Å²) in [4.78, 5) is 0. The van der Waals surface area contributed by atoms with Gasteiger partial charge in [0.05, 0.1) is 13.2 Å². The summed E-state index contributed by atoms with van der Waals surface area (Å²) in [6, 6.07) is 5.97. The highest BCUT2D eigenvalue weighted by molar-refractivity contribution is 5.44. The third-order valence-corrected chi connectivity index (χ3v) is 2.94. The number of hydrogen-bond acceptors (Lipinski definition) is 3. The topological polar surface area (TPSA) is 44.5 Å². The number of hydrogen-bond donors (Lipinski definition) is 1. The van der Waals surface area contributed by atoms with Crippen molar-refractivity contribution in [2.45, 2.75) is 25.9 Å². The van der Waals surface area contributed by atoms with Crippen molar-refractivity contribution in [3.05, 3.63) is 29.3 Å². The molecule has 0 bridgehead atoms. The van der Waals surface area contributed by atoms with E-state index in [9.17, 15) is 0 Å². The molecular formula is C15H19NO2. The van der Waals surface area contributed by atoms with Crippen molar-refractivity contribution in [2.24, 2.45) is 5.73 Å². The van der Waals surface area contributed by atoms with Crippen LogP contribution in [0.2, 0.25) is 0 Å². The maximum absolute atomic E-state index is 5.90. The summed E-state index contributed by atoms with van der Waals surface area (Å²) < 4.78 is 11.3. The van der Waals surface area contributed by atoms with Crippen molar-refractivity contribution in [3.8, 4) is 17.6 Å². The molecule has 1 aromatic carbocycles. The van der Waals surface area contributed by atoms with Crippen LogP contribution < -0.4 is 10.5 Å². The van der Waals surface area contributed by atoms with Crippen LogP contribution in [0.3, 0.4) is 0 Å². The third-order valence-electron chi connectivity index (χ3n) is 2.94. The second-order valence-electron chi connectivity index (χ2n) is 4.44. The Hall–Kier alpha value is -1.50. The molecule has 1 unspecified atom stereocenters. The molecule has 2 rings (SSSR count). The first-order chi connectivity index (χ1) is 8.79. The van der Waals surface area contributed by atoms with Crippen molar-refractivity contribution >= 4 is 0 Å². The molecule has 1 aliphatic heterocycles. The average molecular weight is 245 g/mol. The molecule has 0 amide bonds. The van der Waals surface area contributed by atoms with Crippen LogP contribution in [0.25, 0.3) is 0 Å². The Morgan fingerprint density at radius 1 is 1.50 bits per heavy atom. The lowest BCUT2D eigenvalue weighted by Crippen LogP contribution is -2.28. The molecule has 0 aliphatic carbocycles. The van der Waals surface area contributed by atoms with Gasteiger partial charge in [0, 0.05) is 12.2 Å². The lowest BCUT2D eigenvalue weighted by Gasteiger charge is -2.23. The normalized spacial score (nSPS) is 18.9. The SMILES string of the molecule is Cc1cc(OC2CCCOC2)ccc1C#CCN. The van der Waals surface area contributed by atoms with Gasteiger partial charge in [0.25, 0.3) is 0 Å². The number of ether oxygens (including phenoxy) is 2. The fraction of sp³-hybridized carbons (Fsp3) is 0.467. The van der Waals surface area contributed by atoms with Crippen molar-refractivity contribution in [2.75, 3.05) is 19.8 Å². The summed E-state index contributed by atoms with van der Waals surface area (Å²) >= 11 is 0. The van der Waals surface area contributed by atoms with E-state index in [4.69, 9.17) is 15.2 Å².